The Bertz CT molecular complexity index is 1110. The summed E-state index contributed by atoms with van der Waals surface area (Å²) in [5, 5.41) is 12.6. The number of nitrogens with one attached hydrogen (secondary N) is 1. The van der Waals surface area contributed by atoms with Gasteiger partial charge in [0.15, 0.2) is 5.69 Å². The Labute approximate surface area is 168 Å². The molecule has 7 heteroatoms. The molecule has 0 unspecified atom stereocenters. The lowest BCUT2D eigenvalue weighted by Gasteiger charge is -2.22. The molecule has 0 atom stereocenters. The number of nitriles is 1. The number of anilines is 1. The van der Waals surface area contributed by atoms with Gasteiger partial charge in [0.25, 0.3) is 0 Å². The minimum Gasteiger partial charge on any atom is -0.493 e. The number of aromatic nitrogens is 3. The van der Waals surface area contributed by atoms with E-state index < -0.39 is 0 Å². The van der Waals surface area contributed by atoms with E-state index in [2.05, 4.69) is 21.4 Å². The van der Waals surface area contributed by atoms with E-state index in [1.54, 1.807) is 12.3 Å². The lowest BCUT2D eigenvalue weighted by Crippen LogP contribution is -2.12. The second-order valence-corrected chi connectivity index (χ2v) is 7.76. The van der Waals surface area contributed by atoms with Crippen LogP contribution in [0.4, 0.5) is 10.3 Å². The molecule has 0 spiro atoms. The van der Waals surface area contributed by atoms with Crippen LogP contribution in [0.5, 0.6) is 5.75 Å². The van der Waals surface area contributed by atoms with Gasteiger partial charge in [0.2, 0.25) is 5.95 Å². The summed E-state index contributed by atoms with van der Waals surface area (Å²) in [7, 11) is 0. The third-order valence-corrected chi connectivity index (χ3v) is 6.04. The maximum atomic E-state index is 14.4. The van der Waals surface area contributed by atoms with Crippen LogP contribution in [0.25, 0.3) is 5.65 Å². The summed E-state index contributed by atoms with van der Waals surface area (Å²) in [6.07, 6.45) is 10.2. The number of nitrogens with zero attached hydrogens (tertiary/aromatic N) is 4. The number of imidazole rings is 1. The maximum absolute atomic E-state index is 14.4. The number of halogens is 1. The largest absolute Gasteiger partial charge is 0.493 e. The number of hydrogen-bond donors (Lipinski definition) is 1. The van der Waals surface area contributed by atoms with Crippen LogP contribution >= 0.6 is 0 Å². The fourth-order valence-corrected chi connectivity index (χ4v) is 4.56. The summed E-state index contributed by atoms with van der Waals surface area (Å²) in [6.45, 7) is 0.876. The summed E-state index contributed by atoms with van der Waals surface area (Å²) in [5.41, 5.74) is 3.74. The zero-order valence-corrected chi connectivity index (χ0v) is 16.1. The minimum atomic E-state index is -0.250. The highest BCUT2D eigenvalue weighted by atomic mass is 19.1. The molecule has 1 saturated carbocycles. The van der Waals surface area contributed by atoms with E-state index in [0.29, 0.717) is 42.7 Å². The first-order valence-corrected chi connectivity index (χ1v) is 10.2. The summed E-state index contributed by atoms with van der Waals surface area (Å²) in [5.74, 6) is 1.49. The molecule has 1 fully saturated rings. The zero-order chi connectivity index (χ0) is 19.8. The third-order valence-electron chi connectivity index (χ3n) is 6.04. The van der Waals surface area contributed by atoms with Crippen molar-refractivity contribution in [3.63, 3.8) is 0 Å². The first-order valence-electron chi connectivity index (χ1n) is 10.2. The van der Waals surface area contributed by atoms with E-state index in [4.69, 9.17) is 4.74 Å². The van der Waals surface area contributed by atoms with Crippen LogP contribution in [0.2, 0.25) is 0 Å². The zero-order valence-electron chi connectivity index (χ0n) is 16.1. The number of rotatable bonds is 4. The molecular formula is C22H22FN5O. The van der Waals surface area contributed by atoms with Crippen molar-refractivity contribution in [3.05, 3.63) is 52.7 Å². The van der Waals surface area contributed by atoms with Crippen molar-refractivity contribution < 1.29 is 9.13 Å². The topological polar surface area (TPSA) is 75.2 Å². The predicted molar refractivity (Wildman–Crippen MR) is 106 cm³/mol. The molecule has 1 aliphatic carbocycles. The molecule has 1 aliphatic heterocycles. The van der Waals surface area contributed by atoms with Gasteiger partial charge in [-0.25, -0.2) is 14.4 Å². The summed E-state index contributed by atoms with van der Waals surface area (Å²) >= 11 is 0. The van der Waals surface area contributed by atoms with Crippen LogP contribution in [0.3, 0.4) is 0 Å². The molecule has 148 valence electrons. The van der Waals surface area contributed by atoms with Crippen LogP contribution in [0.1, 0.15) is 60.4 Å². The molecule has 5 rings (SSSR count). The van der Waals surface area contributed by atoms with Gasteiger partial charge in [-0.05, 0) is 30.9 Å². The normalized spacial score (nSPS) is 16.4. The lowest BCUT2D eigenvalue weighted by atomic mass is 9.85. The third kappa shape index (κ3) is 3.19. The molecule has 0 amide bonds. The van der Waals surface area contributed by atoms with Gasteiger partial charge in [-0.3, -0.25) is 4.40 Å². The van der Waals surface area contributed by atoms with Crippen molar-refractivity contribution in [3.8, 4) is 11.8 Å². The van der Waals surface area contributed by atoms with Gasteiger partial charge in [0, 0.05) is 35.9 Å². The Kier molecular flexibility index (Phi) is 4.55. The summed E-state index contributed by atoms with van der Waals surface area (Å²) in [4.78, 5) is 9.14. The number of fused-ring (bicyclic) bond motifs is 2. The van der Waals surface area contributed by atoms with Crippen LogP contribution < -0.4 is 10.1 Å². The molecular weight excluding hydrogens is 369 g/mol. The Morgan fingerprint density at radius 2 is 2.14 bits per heavy atom. The Morgan fingerprint density at radius 3 is 2.97 bits per heavy atom. The van der Waals surface area contributed by atoms with Crippen molar-refractivity contribution in [1.29, 1.82) is 5.26 Å². The molecule has 0 bridgehead atoms. The van der Waals surface area contributed by atoms with Crippen LogP contribution in [0.15, 0.2) is 24.5 Å². The average Bonchev–Trinajstić information content (AvgIpc) is 3.40. The molecule has 1 aromatic carbocycles. The number of hydrogen-bond acceptors (Lipinski definition) is 5. The van der Waals surface area contributed by atoms with E-state index in [0.717, 1.165) is 35.4 Å². The van der Waals surface area contributed by atoms with Gasteiger partial charge >= 0.3 is 0 Å². The Morgan fingerprint density at radius 1 is 1.28 bits per heavy atom. The smallest absolute Gasteiger partial charge is 0.208 e. The van der Waals surface area contributed by atoms with Crippen molar-refractivity contribution in [2.45, 2.75) is 51.0 Å². The van der Waals surface area contributed by atoms with Crippen molar-refractivity contribution >= 4 is 11.6 Å². The van der Waals surface area contributed by atoms with Crippen molar-refractivity contribution in [2.24, 2.45) is 0 Å². The van der Waals surface area contributed by atoms with Gasteiger partial charge in [-0.1, -0.05) is 19.3 Å². The number of benzene rings is 1. The second kappa shape index (κ2) is 7.36. The van der Waals surface area contributed by atoms with Crippen molar-refractivity contribution in [2.75, 3.05) is 11.9 Å². The Hall–Kier alpha value is -3.14. The molecule has 3 aromatic rings. The molecule has 2 aliphatic rings. The minimum absolute atomic E-state index is 0.250. The number of ether oxygens (including phenoxy) is 1. The summed E-state index contributed by atoms with van der Waals surface area (Å²) in [6, 6.07) is 5.26. The molecule has 3 heterocycles. The van der Waals surface area contributed by atoms with Crippen molar-refractivity contribution in [1.82, 2.24) is 14.4 Å². The molecule has 29 heavy (non-hydrogen) atoms. The first-order chi connectivity index (χ1) is 14.2. The van der Waals surface area contributed by atoms with Crippen LogP contribution in [-0.4, -0.2) is 21.0 Å². The first kappa shape index (κ1) is 17.9. The maximum Gasteiger partial charge on any atom is 0.208 e. The highest BCUT2D eigenvalue weighted by molar-refractivity contribution is 5.56. The molecule has 0 radical (unpaired) electrons. The average molecular weight is 391 g/mol. The second-order valence-electron chi connectivity index (χ2n) is 7.76. The molecule has 0 saturated heterocycles. The van der Waals surface area contributed by atoms with E-state index in [1.807, 2.05) is 10.6 Å². The predicted octanol–water partition coefficient (Wildman–Crippen LogP) is 4.33. The molecule has 1 N–H and O–H groups in total. The highest BCUT2D eigenvalue weighted by Gasteiger charge is 2.23. The standard InChI is InChI=1S/C22H22FN5O/c23-19-6-7-20-16(8-9-29-20)18(19)12-26-22-25-11-17(14-4-2-1-3-5-14)21-27-15(10-24)13-28(21)22/h6-7,11,13-14H,1-5,8-9,12H2,(H,25,26). The van der Waals surface area contributed by atoms with E-state index in [1.165, 1.54) is 25.3 Å². The monoisotopic (exact) mass is 391 g/mol. The van der Waals surface area contributed by atoms with Gasteiger partial charge in [0.1, 0.15) is 23.3 Å². The van der Waals surface area contributed by atoms with Gasteiger partial charge < -0.3 is 10.1 Å². The van der Waals surface area contributed by atoms with E-state index in [9.17, 15) is 9.65 Å². The van der Waals surface area contributed by atoms with Gasteiger partial charge in [-0.2, -0.15) is 5.26 Å². The molecule has 6 nitrogen and oxygen atoms in total. The fourth-order valence-electron chi connectivity index (χ4n) is 4.56. The van der Waals surface area contributed by atoms with Gasteiger partial charge in [0.05, 0.1) is 12.8 Å². The van der Waals surface area contributed by atoms with Crippen LogP contribution in [-0.2, 0) is 13.0 Å². The molecule has 2 aromatic heterocycles. The van der Waals surface area contributed by atoms with Gasteiger partial charge in [-0.15, -0.1) is 0 Å². The Balaban J connectivity index is 1.49. The lowest BCUT2D eigenvalue weighted by molar-refractivity contribution is 0.356. The van der Waals surface area contributed by atoms with Crippen LogP contribution in [0, 0.1) is 17.1 Å². The highest BCUT2D eigenvalue weighted by Crippen LogP contribution is 2.35. The quantitative estimate of drug-likeness (QED) is 0.716. The fraction of sp³-hybridized carbons (Fsp3) is 0.409. The summed E-state index contributed by atoms with van der Waals surface area (Å²) < 4.78 is 21.8. The SMILES string of the molecule is N#Cc1cn2c(NCc3c(F)ccc4c3CCO4)ncc(C3CCCCC3)c2n1. The van der Waals surface area contributed by atoms with E-state index in [-0.39, 0.29) is 5.82 Å². The van der Waals surface area contributed by atoms with E-state index >= 15 is 0 Å².